The van der Waals surface area contributed by atoms with Gasteiger partial charge in [0.1, 0.15) is 6.04 Å². The fourth-order valence-corrected chi connectivity index (χ4v) is 3.42. The van der Waals surface area contributed by atoms with Gasteiger partial charge in [0.15, 0.2) is 0 Å². The van der Waals surface area contributed by atoms with E-state index in [4.69, 9.17) is 0 Å². The minimum atomic E-state index is -0.533. The molecule has 1 unspecified atom stereocenters. The number of rotatable bonds is 2. The molecule has 1 aliphatic heterocycles. The molecule has 25 heavy (non-hydrogen) atoms. The second-order valence-electron chi connectivity index (χ2n) is 6.20. The second-order valence-corrected chi connectivity index (χ2v) is 6.20. The van der Waals surface area contributed by atoms with Crippen molar-refractivity contribution >= 4 is 28.5 Å². The smallest absolute Gasteiger partial charge is 0.259 e. The van der Waals surface area contributed by atoms with Crippen LogP contribution < -0.4 is 10.2 Å². The molecule has 6 heteroatoms. The zero-order valence-electron chi connectivity index (χ0n) is 14.1. The average Bonchev–Trinajstić information content (AvgIpc) is 3.21. The first-order valence-corrected chi connectivity index (χ1v) is 8.14. The van der Waals surface area contributed by atoms with Gasteiger partial charge in [0.2, 0.25) is 5.91 Å². The molecule has 2 amide bonds. The van der Waals surface area contributed by atoms with Crippen LogP contribution in [-0.4, -0.2) is 34.5 Å². The van der Waals surface area contributed by atoms with Crippen LogP contribution in [0.25, 0.3) is 11.0 Å². The van der Waals surface area contributed by atoms with E-state index in [1.165, 1.54) is 0 Å². The van der Waals surface area contributed by atoms with Gasteiger partial charge in [-0.2, -0.15) is 0 Å². The van der Waals surface area contributed by atoms with Gasteiger partial charge in [0.05, 0.1) is 17.4 Å². The summed E-state index contributed by atoms with van der Waals surface area (Å²) in [7, 11) is 3.50. The van der Waals surface area contributed by atoms with E-state index < -0.39 is 6.04 Å². The molecule has 0 saturated carbocycles. The van der Waals surface area contributed by atoms with Gasteiger partial charge >= 0.3 is 0 Å². The van der Waals surface area contributed by atoms with Gasteiger partial charge in [0, 0.05) is 31.8 Å². The monoisotopic (exact) mass is 334 g/mol. The first-order chi connectivity index (χ1) is 12.1. The largest absolute Gasteiger partial charge is 0.357 e. The number of likely N-dealkylation sites (N-methyl/N-ethyl adjacent to an activating group) is 1. The van der Waals surface area contributed by atoms with Crippen molar-refractivity contribution in [3.05, 3.63) is 59.9 Å². The van der Waals surface area contributed by atoms with E-state index in [-0.39, 0.29) is 11.8 Å². The quantitative estimate of drug-likeness (QED) is 0.778. The molecule has 4 rings (SSSR count). The topological polar surface area (TPSA) is 67.2 Å². The molecule has 0 aliphatic carbocycles. The summed E-state index contributed by atoms with van der Waals surface area (Å²) in [5, 5.41) is 2.66. The van der Waals surface area contributed by atoms with Crippen molar-refractivity contribution in [2.75, 3.05) is 11.9 Å². The summed E-state index contributed by atoms with van der Waals surface area (Å²) < 4.78 is 1.90. The standard InChI is InChI=1S/C19H18N4O2/c1-20-18(24)17-10-12-5-3-4-6-15(12)23(17)19(25)13-7-8-16-14(9-13)21-11-22(16)2/h3-9,11,17H,10H2,1-2H3,(H,20,24). The molecular weight excluding hydrogens is 316 g/mol. The summed E-state index contributed by atoms with van der Waals surface area (Å²) >= 11 is 0. The van der Waals surface area contributed by atoms with Gasteiger partial charge in [0.25, 0.3) is 5.91 Å². The summed E-state index contributed by atoms with van der Waals surface area (Å²) in [6.45, 7) is 0. The Morgan fingerprint density at radius 1 is 1.20 bits per heavy atom. The lowest BCUT2D eigenvalue weighted by atomic mass is 10.1. The second kappa shape index (κ2) is 5.73. The van der Waals surface area contributed by atoms with Crippen LogP contribution in [0.2, 0.25) is 0 Å². The van der Waals surface area contributed by atoms with E-state index in [9.17, 15) is 9.59 Å². The summed E-state index contributed by atoms with van der Waals surface area (Å²) in [5.41, 5.74) is 4.04. The molecule has 0 fully saturated rings. The van der Waals surface area contributed by atoms with E-state index in [1.807, 2.05) is 41.9 Å². The minimum absolute atomic E-state index is 0.163. The van der Waals surface area contributed by atoms with Crippen LogP contribution in [0.1, 0.15) is 15.9 Å². The summed E-state index contributed by atoms with van der Waals surface area (Å²) in [5.74, 6) is -0.352. The Bertz CT molecular complexity index is 992. The van der Waals surface area contributed by atoms with E-state index in [0.717, 1.165) is 22.3 Å². The molecule has 1 aliphatic rings. The van der Waals surface area contributed by atoms with Crippen molar-refractivity contribution in [2.45, 2.75) is 12.5 Å². The Morgan fingerprint density at radius 2 is 2.00 bits per heavy atom. The number of hydrogen-bond donors (Lipinski definition) is 1. The summed E-state index contributed by atoms with van der Waals surface area (Å²) in [6.07, 6.45) is 2.24. The maximum atomic E-state index is 13.2. The molecule has 1 N–H and O–H groups in total. The normalized spacial score (nSPS) is 16.1. The molecule has 0 bridgehead atoms. The Morgan fingerprint density at radius 3 is 2.80 bits per heavy atom. The molecule has 126 valence electrons. The molecule has 2 heterocycles. The number of nitrogens with zero attached hydrogens (tertiary/aromatic N) is 3. The van der Waals surface area contributed by atoms with Gasteiger partial charge in [-0.05, 0) is 29.8 Å². The first-order valence-electron chi connectivity index (χ1n) is 8.14. The Labute approximate surface area is 145 Å². The lowest BCUT2D eigenvalue weighted by Crippen LogP contribution is -2.47. The zero-order chi connectivity index (χ0) is 17.6. The number of benzene rings is 2. The Balaban J connectivity index is 1.78. The number of carbonyl (C=O) groups excluding carboxylic acids is 2. The van der Waals surface area contributed by atoms with Crippen LogP contribution in [0.5, 0.6) is 0 Å². The highest BCUT2D eigenvalue weighted by Gasteiger charge is 2.38. The van der Waals surface area contributed by atoms with Crippen LogP contribution in [0.15, 0.2) is 48.8 Å². The van der Waals surface area contributed by atoms with E-state index >= 15 is 0 Å². The SMILES string of the molecule is CNC(=O)C1Cc2ccccc2N1C(=O)c1ccc2c(c1)ncn2C. The van der Waals surface area contributed by atoms with Gasteiger partial charge in [-0.3, -0.25) is 14.5 Å². The third kappa shape index (κ3) is 2.38. The molecule has 0 spiro atoms. The molecule has 1 atom stereocenters. The number of anilines is 1. The lowest BCUT2D eigenvalue weighted by Gasteiger charge is -2.24. The van der Waals surface area contributed by atoms with Crippen LogP contribution in [0.4, 0.5) is 5.69 Å². The van der Waals surface area contributed by atoms with Crippen LogP contribution in [0.3, 0.4) is 0 Å². The highest BCUT2D eigenvalue weighted by molar-refractivity contribution is 6.12. The Kier molecular flexibility index (Phi) is 3.53. The molecule has 0 saturated heterocycles. The van der Waals surface area contributed by atoms with E-state index in [2.05, 4.69) is 10.3 Å². The molecule has 0 radical (unpaired) electrons. The first kappa shape index (κ1) is 15.4. The number of amides is 2. The number of nitrogens with one attached hydrogen (secondary N) is 1. The number of aryl methyl sites for hydroxylation is 1. The molecule has 6 nitrogen and oxygen atoms in total. The van der Waals surface area contributed by atoms with E-state index in [0.29, 0.717) is 12.0 Å². The third-order valence-corrected chi connectivity index (χ3v) is 4.72. The lowest BCUT2D eigenvalue weighted by molar-refractivity contribution is -0.121. The number of imidazole rings is 1. The highest BCUT2D eigenvalue weighted by atomic mass is 16.2. The zero-order valence-corrected chi connectivity index (χ0v) is 14.1. The fourth-order valence-electron chi connectivity index (χ4n) is 3.42. The van der Waals surface area contributed by atoms with Crippen LogP contribution in [-0.2, 0) is 18.3 Å². The van der Waals surface area contributed by atoms with Gasteiger partial charge in [-0.25, -0.2) is 4.98 Å². The van der Waals surface area contributed by atoms with Crippen LogP contribution >= 0.6 is 0 Å². The van der Waals surface area contributed by atoms with Crippen molar-refractivity contribution in [3.63, 3.8) is 0 Å². The molecule has 2 aromatic carbocycles. The molecular formula is C19H18N4O2. The van der Waals surface area contributed by atoms with Crippen molar-refractivity contribution in [1.29, 1.82) is 0 Å². The average molecular weight is 334 g/mol. The summed E-state index contributed by atoms with van der Waals surface area (Å²) in [4.78, 5) is 31.4. The number of hydrogen-bond acceptors (Lipinski definition) is 3. The molecule has 1 aromatic heterocycles. The predicted octanol–water partition coefficient (Wildman–Crippen LogP) is 1.89. The maximum Gasteiger partial charge on any atom is 0.259 e. The van der Waals surface area contributed by atoms with Crippen molar-refractivity contribution in [1.82, 2.24) is 14.9 Å². The number of para-hydroxylation sites is 1. The maximum absolute atomic E-state index is 13.2. The number of aromatic nitrogens is 2. The van der Waals surface area contributed by atoms with Crippen molar-refractivity contribution < 1.29 is 9.59 Å². The van der Waals surface area contributed by atoms with Gasteiger partial charge in [-0.1, -0.05) is 18.2 Å². The van der Waals surface area contributed by atoms with Crippen molar-refractivity contribution in [2.24, 2.45) is 7.05 Å². The minimum Gasteiger partial charge on any atom is -0.357 e. The van der Waals surface area contributed by atoms with Gasteiger partial charge < -0.3 is 9.88 Å². The van der Waals surface area contributed by atoms with Crippen molar-refractivity contribution in [3.8, 4) is 0 Å². The third-order valence-electron chi connectivity index (χ3n) is 4.72. The van der Waals surface area contributed by atoms with E-state index in [1.54, 1.807) is 30.4 Å². The number of carbonyl (C=O) groups is 2. The Hall–Kier alpha value is -3.15. The molecule has 3 aromatic rings. The predicted molar refractivity (Wildman–Crippen MR) is 95.5 cm³/mol. The van der Waals surface area contributed by atoms with Gasteiger partial charge in [-0.15, -0.1) is 0 Å². The highest BCUT2D eigenvalue weighted by Crippen LogP contribution is 2.33. The fraction of sp³-hybridized carbons (Fsp3) is 0.211. The summed E-state index contributed by atoms with van der Waals surface area (Å²) in [6, 6.07) is 12.6. The number of fused-ring (bicyclic) bond motifs is 2. The van der Waals surface area contributed by atoms with Crippen LogP contribution in [0, 0.1) is 0 Å².